The summed E-state index contributed by atoms with van der Waals surface area (Å²) in [5.41, 5.74) is 2.95. The third-order valence-electron chi connectivity index (χ3n) is 5.15. The SMILES string of the molecule is O=C(NCc1ccccc1Cl)[C@H]1c2ccccc2CCN1C(=O)C1CC1. The fourth-order valence-corrected chi connectivity index (χ4v) is 3.77. The van der Waals surface area contributed by atoms with Gasteiger partial charge in [0, 0.05) is 24.0 Å². The Morgan fingerprint density at radius 1 is 1.08 bits per heavy atom. The summed E-state index contributed by atoms with van der Waals surface area (Å²) in [6.45, 7) is 0.944. The normalized spacial score (nSPS) is 19.0. The van der Waals surface area contributed by atoms with E-state index in [1.807, 2.05) is 48.5 Å². The lowest BCUT2D eigenvalue weighted by molar-refractivity contribution is -0.142. The molecule has 0 radical (unpaired) electrons. The molecule has 0 bridgehead atoms. The van der Waals surface area contributed by atoms with Crippen LogP contribution in [0.3, 0.4) is 0 Å². The average molecular weight is 369 g/mol. The van der Waals surface area contributed by atoms with Crippen LogP contribution in [0.2, 0.25) is 5.02 Å². The van der Waals surface area contributed by atoms with Crippen molar-refractivity contribution in [1.82, 2.24) is 10.2 Å². The maximum absolute atomic E-state index is 13.1. The quantitative estimate of drug-likeness (QED) is 0.898. The molecule has 1 aliphatic carbocycles. The number of hydrogen-bond donors (Lipinski definition) is 1. The third kappa shape index (κ3) is 3.34. The monoisotopic (exact) mass is 368 g/mol. The summed E-state index contributed by atoms with van der Waals surface area (Å²) < 4.78 is 0. The molecule has 4 nitrogen and oxygen atoms in total. The van der Waals surface area contributed by atoms with E-state index in [4.69, 9.17) is 11.6 Å². The molecule has 1 saturated carbocycles. The number of nitrogens with one attached hydrogen (secondary N) is 1. The first-order valence-corrected chi connectivity index (χ1v) is 9.42. The number of halogens is 1. The van der Waals surface area contributed by atoms with Crippen LogP contribution in [0.25, 0.3) is 0 Å². The van der Waals surface area contributed by atoms with Gasteiger partial charge in [0.15, 0.2) is 0 Å². The number of rotatable bonds is 4. The van der Waals surface area contributed by atoms with Crippen LogP contribution in [-0.2, 0) is 22.6 Å². The average Bonchev–Trinajstić information content (AvgIpc) is 3.51. The highest BCUT2D eigenvalue weighted by molar-refractivity contribution is 6.31. The largest absolute Gasteiger partial charge is 0.350 e. The van der Waals surface area contributed by atoms with E-state index in [1.165, 1.54) is 0 Å². The van der Waals surface area contributed by atoms with Crippen molar-refractivity contribution >= 4 is 23.4 Å². The highest BCUT2D eigenvalue weighted by atomic mass is 35.5. The van der Waals surface area contributed by atoms with Gasteiger partial charge in [0.25, 0.3) is 0 Å². The van der Waals surface area contributed by atoms with Crippen LogP contribution in [0.4, 0.5) is 0 Å². The molecule has 0 spiro atoms. The van der Waals surface area contributed by atoms with Crippen LogP contribution in [-0.4, -0.2) is 23.3 Å². The van der Waals surface area contributed by atoms with Gasteiger partial charge in [0.2, 0.25) is 11.8 Å². The second-order valence-electron chi connectivity index (χ2n) is 6.97. The molecule has 0 unspecified atom stereocenters. The number of benzene rings is 2. The van der Waals surface area contributed by atoms with E-state index < -0.39 is 6.04 Å². The van der Waals surface area contributed by atoms with Gasteiger partial charge in [-0.2, -0.15) is 0 Å². The summed E-state index contributed by atoms with van der Waals surface area (Å²) >= 11 is 6.19. The minimum atomic E-state index is -0.560. The zero-order valence-electron chi connectivity index (χ0n) is 14.5. The Labute approximate surface area is 158 Å². The lowest BCUT2D eigenvalue weighted by atomic mass is 9.91. The van der Waals surface area contributed by atoms with Crippen molar-refractivity contribution in [3.63, 3.8) is 0 Å². The molecule has 1 N–H and O–H groups in total. The molecule has 1 atom stereocenters. The van der Waals surface area contributed by atoms with Crippen LogP contribution < -0.4 is 5.32 Å². The summed E-state index contributed by atoms with van der Waals surface area (Å²) in [5, 5.41) is 3.60. The molecule has 2 aromatic rings. The summed E-state index contributed by atoms with van der Waals surface area (Å²) in [7, 11) is 0. The first-order chi connectivity index (χ1) is 12.6. The van der Waals surface area contributed by atoms with Gasteiger partial charge in [0.05, 0.1) is 0 Å². The second kappa shape index (κ2) is 7.12. The molecule has 0 aromatic heterocycles. The van der Waals surface area contributed by atoms with E-state index in [0.717, 1.165) is 36.0 Å². The molecule has 134 valence electrons. The minimum absolute atomic E-state index is 0.0964. The predicted molar refractivity (Wildman–Crippen MR) is 101 cm³/mol. The van der Waals surface area contributed by atoms with Crippen LogP contribution in [0, 0.1) is 5.92 Å². The van der Waals surface area contributed by atoms with Gasteiger partial charge in [-0.25, -0.2) is 0 Å². The molecule has 1 fully saturated rings. The fourth-order valence-electron chi connectivity index (χ4n) is 3.57. The van der Waals surface area contributed by atoms with Crippen LogP contribution in [0.15, 0.2) is 48.5 Å². The van der Waals surface area contributed by atoms with Crippen molar-refractivity contribution in [1.29, 1.82) is 0 Å². The molecule has 26 heavy (non-hydrogen) atoms. The van der Waals surface area contributed by atoms with Gasteiger partial charge in [-0.3, -0.25) is 9.59 Å². The van der Waals surface area contributed by atoms with Gasteiger partial charge >= 0.3 is 0 Å². The van der Waals surface area contributed by atoms with Gasteiger partial charge in [-0.05, 0) is 42.0 Å². The predicted octanol–water partition coefficient (Wildman–Crippen LogP) is 3.49. The second-order valence-corrected chi connectivity index (χ2v) is 7.37. The molecular weight excluding hydrogens is 348 g/mol. The van der Waals surface area contributed by atoms with Crippen molar-refractivity contribution in [2.45, 2.75) is 31.8 Å². The minimum Gasteiger partial charge on any atom is -0.350 e. The van der Waals surface area contributed by atoms with E-state index >= 15 is 0 Å². The van der Waals surface area contributed by atoms with Crippen molar-refractivity contribution in [3.8, 4) is 0 Å². The lowest BCUT2D eigenvalue weighted by Gasteiger charge is -2.36. The smallest absolute Gasteiger partial charge is 0.247 e. The van der Waals surface area contributed by atoms with Crippen molar-refractivity contribution in [2.24, 2.45) is 5.92 Å². The molecule has 5 heteroatoms. The Balaban J connectivity index is 1.58. The standard InChI is InChI=1S/C21H21ClN2O2/c22-18-8-4-2-6-16(18)13-23-20(25)19-17-7-3-1-5-14(17)11-12-24(19)21(26)15-9-10-15/h1-8,15,19H,9-13H2,(H,23,25)/t19-/m1/s1. The molecule has 4 rings (SSSR count). The fraction of sp³-hybridized carbons (Fsp3) is 0.333. The van der Waals surface area contributed by atoms with Crippen molar-refractivity contribution < 1.29 is 9.59 Å². The van der Waals surface area contributed by atoms with Crippen LogP contribution in [0.5, 0.6) is 0 Å². The zero-order valence-corrected chi connectivity index (χ0v) is 15.2. The topological polar surface area (TPSA) is 49.4 Å². The first kappa shape index (κ1) is 17.1. The van der Waals surface area contributed by atoms with Gasteiger partial charge in [-0.15, -0.1) is 0 Å². The van der Waals surface area contributed by atoms with Gasteiger partial charge in [-0.1, -0.05) is 54.1 Å². The van der Waals surface area contributed by atoms with E-state index in [9.17, 15) is 9.59 Å². The van der Waals surface area contributed by atoms with Crippen LogP contribution >= 0.6 is 11.6 Å². The Morgan fingerprint density at radius 3 is 2.58 bits per heavy atom. The van der Waals surface area contributed by atoms with Crippen molar-refractivity contribution in [2.75, 3.05) is 6.54 Å². The number of carbonyl (C=O) groups excluding carboxylic acids is 2. The van der Waals surface area contributed by atoms with Gasteiger partial charge in [0.1, 0.15) is 6.04 Å². The zero-order chi connectivity index (χ0) is 18.1. The van der Waals surface area contributed by atoms with E-state index in [2.05, 4.69) is 5.32 Å². The van der Waals surface area contributed by atoms with Gasteiger partial charge < -0.3 is 10.2 Å². The highest BCUT2D eigenvalue weighted by Crippen LogP contribution is 2.37. The maximum atomic E-state index is 13.1. The molecule has 2 aliphatic rings. The number of fused-ring (bicyclic) bond motifs is 1. The van der Waals surface area contributed by atoms with Crippen LogP contribution in [0.1, 0.15) is 35.6 Å². The van der Waals surface area contributed by atoms with E-state index in [1.54, 1.807) is 4.90 Å². The van der Waals surface area contributed by atoms with Crippen molar-refractivity contribution in [3.05, 3.63) is 70.2 Å². The Kier molecular flexibility index (Phi) is 4.68. The summed E-state index contributed by atoms with van der Waals surface area (Å²) in [6, 6.07) is 14.8. The molecular formula is C21H21ClN2O2. The Morgan fingerprint density at radius 2 is 1.81 bits per heavy atom. The molecule has 2 amide bonds. The third-order valence-corrected chi connectivity index (χ3v) is 5.52. The Hall–Kier alpha value is -2.33. The highest BCUT2D eigenvalue weighted by Gasteiger charge is 2.41. The lowest BCUT2D eigenvalue weighted by Crippen LogP contribution is -2.47. The maximum Gasteiger partial charge on any atom is 0.247 e. The number of amides is 2. The molecule has 0 saturated heterocycles. The molecule has 1 heterocycles. The molecule has 1 aliphatic heterocycles. The number of nitrogens with zero attached hydrogens (tertiary/aromatic N) is 1. The van der Waals surface area contributed by atoms with E-state index in [-0.39, 0.29) is 17.7 Å². The first-order valence-electron chi connectivity index (χ1n) is 9.04. The Bertz CT molecular complexity index is 847. The van der Waals surface area contributed by atoms with E-state index in [0.29, 0.717) is 18.1 Å². The summed E-state index contributed by atoms with van der Waals surface area (Å²) in [4.78, 5) is 27.6. The number of hydrogen-bond acceptors (Lipinski definition) is 2. The molecule has 2 aromatic carbocycles. The number of carbonyl (C=O) groups is 2. The summed E-state index contributed by atoms with van der Waals surface area (Å²) in [5.74, 6) is 0.0580. The summed E-state index contributed by atoms with van der Waals surface area (Å²) in [6.07, 6.45) is 2.67.